The molecule has 2 heteroatoms. The molecule has 1 nitrogen and oxygen atoms in total. The maximum absolute atomic E-state index is 5.16. The molecule has 0 aliphatic heterocycles. The van der Waals surface area contributed by atoms with Gasteiger partial charge in [-0.15, -0.1) is 0 Å². The van der Waals surface area contributed by atoms with E-state index in [1.165, 1.54) is 68.8 Å². The van der Waals surface area contributed by atoms with Crippen LogP contribution in [0.15, 0.2) is 4.99 Å². The number of rotatable bonds is 11. The van der Waals surface area contributed by atoms with E-state index in [4.69, 9.17) is 4.99 Å². The van der Waals surface area contributed by atoms with Crippen molar-refractivity contribution in [1.29, 1.82) is 0 Å². The Bertz CT molecular complexity index is 243. The molecule has 0 aromatic heterocycles. The van der Waals surface area contributed by atoms with Crippen molar-refractivity contribution in [3.63, 3.8) is 0 Å². The van der Waals surface area contributed by atoms with Gasteiger partial charge in [-0.25, -0.2) is 0 Å². The molecular formula is C18H37NSn. The van der Waals surface area contributed by atoms with E-state index >= 15 is 0 Å². The summed E-state index contributed by atoms with van der Waals surface area (Å²) in [4.78, 5) is 5.16. The molecule has 0 bridgehead atoms. The molecule has 1 saturated carbocycles. The van der Waals surface area contributed by atoms with Crippen LogP contribution in [-0.4, -0.2) is 28.6 Å². The predicted molar refractivity (Wildman–Crippen MR) is 95.7 cm³/mol. The van der Waals surface area contributed by atoms with E-state index in [1.54, 1.807) is 19.0 Å². The van der Waals surface area contributed by atoms with Crippen molar-refractivity contribution in [2.24, 2.45) is 4.99 Å². The van der Waals surface area contributed by atoms with Gasteiger partial charge in [-0.2, -0.15) is 0 Å². The second-order valence-corrected chi connectivity index (χ2v) is 20.6. The van der Waals surface area contributed by atoms with Gasteiger partial charge < -0.3 is 0 Å². The normalized spacial score (nSPS) is 15.8. The zero-order valence-electron chi connectivity index (χ0n) is 14.3. The molecule has 0 aromatic rings. The van der Waals surface area contributed by atoms with E-state index in [1.807, 2.05) is 0 Å². The van der Waals surface area contributed by atoms with Gasteiger partial charge >= 0.3 is 132 Å². The Hall–Kier alpha value is 0.469. The SMILES string of the molecule is CCC[CH2][Sn]([CH2]CCC)([CH2]CCC)[CH2]N=C1CCCC1. The monoisotopic (exact) mass is 387 g/mol. The van der Waals surface area contributed by atoms with Crippen molar-refractivity contribution >= 4 is 24.1 Å². The first-order valence-corrected chi connectivity index (χ1v) is 17.4. The van der Waals surface area contributed by atoms with Gasteiger partial charge in [-0.05, 0) is 0 Å². The third-order valence-corrected chi connectivity index (χ3v) is 19.5. The van der Waals surface area contributed by atoms with Crippen LogP contribution in [0.4, 0.5) is 0 Å². The van der Waals surface area contributed by atoms with Crippen LogP contribution in [-0.2, 0) is 0 Å². The molecule has 0 N–H and O–H groups in total. The molecule has 0 heterocycles. The second kappa shape index (κ2) is 11.1. The van der Waals surface area contributed by atoms with Gasteiger partial charge in [-0.3, -0.25) is 0 Å². The van der Waals surface area contributed by atoms with E-state index in [0.717, 1.165) is 0 Å². The van der Waals surface area contributed by atoms with Gasteiger partial charge in [0.2, 0.25) is 0 Å². The topological polar surface area (TPSA) is 12.4 Å². The first kappa shape index (κ1) is 18.5. The molecule has 0 saturated heterocycles. The molecule has 1 aliphatic rings. The van der Waals surface area contributed by atoms with Gasteiger partial charge in [0.05, 0.1) is 0 Å². The fourth-order valence-corrected chi connectivity index (χ4v) is 18.0. The molecule has 1 fully saturated rings. The summed E-state index contributed by atoms with van der Waals surface area (Å²) in [6.07, 6.45) is 14.0. The van der Waals surface area contributed by atoms with Gasteiger partial charge in [0.25, 0.3) is 0 Å². The number of hydrogen-bond acceptors (Lipinski definition) is 1. The zero-order chi connectivity index (χ0) is 14.7. The quantitative estimate of drug-likeness (QED) is 0.365. The zero-order valence-corrected chi connectivity index (χ0v) is 17.2. The van der Waals surface area contributed by atoms with Crippen LogP contribution in [0.2, 0.25) is 13.3 Å². The van der Waals surface area contributed by atoms with Crippen molar-refractivity contribution in [2.45, 2.75) is 98.3 Å². The average molecular weight is 386 g/mol. The summed E-state index contributed by atoms with van der Waals surface area (Å²) < 4.78 is 6.18. The Labute approximate surface area is 131 Å². The molecule has 0 radical (unpaired) electrons. The molecule has 1 rings (SSSR count). The predicted octanol–water partition coefficient (Wildman–Crippen LogP) is 6.39. The van der Waals surface area contributed by atoms with E-state index in [0.29, 0.717) is 0 Å². The Morgan fingerprint density at radius 3 is 1.65 bits per heavy atom. The van der Waals surface area contributed by atoms with E-state index < -0.39 is 18.4 Å². The molecule has 118 valence electrons. The molecule has 0 aromatic carbocycles. The van der Waals surface area contributed by atoms with Gasteiger partial charge in [-0.1, -0.05) is 0 Å². The molecule has 0 spiro atoms. The molecule has 0 unspecified atom stereocenters. The number of nitrogens with zero attached hydrogens (tertiary/aromatic N) is 1. The minimum atomic E-state index is -1.95. The Morgan fingerprint density at radius 1 is 0.800 bits per heavy atom. The van der Waals surface area contributed by atoms with Crippen molar-refractivity contribution in [1.82, 2.24) is 0 Å². The first-order chi connectivity index (χ1) is 9.76. The number of aliphatic imine (C=N–C) groups is 1. The molecule has 0 atom stereocenters. The molecule has 1 aliphatic carbocycles. The van der Waals surface area contributed by atoms with Crippen LogP contribution in [0.25, 0.3) is 0 Å². The summed E-state index contributed by atoms with van der Waals surface area (Å²) in [6.45, 7) is 7.08. The van der Waals surface area contributed by atoms with Crippen molar-refractivity contribution in [3.05, 3.63) is 0 Å². The minimum absolute atomic E-state index is 1.32. The summed E-state index contributed by atoms with van der Waals surface area (Å²) in [5.41, 5.74) is 1.58. The van der Waals surface area contributed by atoms with Crippen LogP contribution < -0.4 is 0 Å². The average Bonchev–Trinajstić information content (AvgIpc) is 2.99. The third-order valence-electron chi connectivity index (χ3n) is 5.00. The molecule has 0 amide bonds. The first-order valence-electron chi connectivity index (χ1n) is 9.28. The van der Waals surface area contributed by atoms with Gasteiger partial charge in [0.15, 0.2) is 0 Å². The van der Waals surface area contributed by atoms with E-state index in [2.05, 4.69) is 20.8 Å². The Balaban J connectivity index is 2.67. The summed E-state index contributed by atoms with van der Waals surface area (Å²) in [5.74, 6) is 0. The Morgan fingerprint density at radius 2 is 1.25 bits per heavy atom. The number of hydrogen-bond donors (Lipinski definition) is 0. The van der Waals surface area contributed by atoms with Crippen molar-refractivity contribution in [3.8, 4) is 0 Å². The van der Waals surface area contributed by atoms with Crippen molar-refractivity contribution < 1.29 is 0 Å². The molecule has 20 heavy (non-hydrogen) atoms. The number of unbranched alkanes of at least 4 members (excludes halogenated alkanes) is 3. The van der Waals surface area contributed by atoms with Gasteiger partial charge in [0.1, 0.15) is 0 Å². The summed E-state index contributed by atoms with van der Waals surface area (Å²) in [7, 11) is 0. The van der Waals surface area contributed by atoms with Crippen LogP contribution in [0.5, 0.6) is 0 Å². The molecular weight excluding hydrogens is 349 g/mol. The fourth-order valence-electron chi connectivity index (χ4n) is 3.49. The van der Waals surface area contributed by atoms with Gasteiger partial charge in [0, 0.05) is 0 Å². The maximum atomic E-state index is 5.16. The second-order valence-electron chi connectivity index (χ2n) is 6.90. The van der Waals surface area contributed by atoms with E-state index in [-0.39, 0.29) is 0 Å². The van der Waals surface area contributed by atoms with Crippen molar-refractivity contribution in [2.75, 3.05) is 4.56 Å². The summed E-state index contributed by atoms with van der Waals surface area (Å²) in [6, 6.07) is 0. The summed E-state index contributed by atoms with van der Waals surface area (Å²) in [5, 5.41) is 0. The van der Waals surface area contributed by atoms with E-state index in [9.17, 15) is 0 Å². The van der Waals surface area contributed by atoms with Crippen LogP contribution in [0.1, 0.15) is 85.0 Å². The summed E-state index contributed by atoms with van der Waals surface area (Å²) >= 11 is -1.95. The van der Waals surface area contributed by atoms with Crippen LogP contribution in [0.3, 0.4) is 0 Å². The van der Waals surface area contributed by atoms with Crippen LogP contribution in [0, 0.1) is 0 Å². The fraction of sp³-hybridized carbons (Fsp3) is 0.944. The van der Waals surface area contributed by atoms with Crippen LogP contribution >= 0.6 is 0 Å². The Kier molecular flexibility index (Phi) is 10.3. The standard InChI is InChI=1S/C6H10N.3C4H9.Sn/c1-7-6-4-2-3-5-6;3*1-3-4-2;/h1-5H2;3*1,3-4H2,2H3;. The third kappa shape index (κ3) is 6.95.